The minimum absolute atomic E-state index is 0.316. The van der Waals surface area contributed by atoms with Gasteiger partial charge in [-0.2, -0.15) is 10.1 Å². The molecule has 0 aliphatic rings. The summed E-state index contributed by atoms with van der Waals surface area (Å²) < 4.78 is 7.17. The van der Waals surface area contributed by atoms with Crippen molar-refractivity contribution in [3.05, 3.63) is 48.0 Å². The maximum absolute atomic E-state index is 5.33. The van der Waals surface area contributed by atoms with Crippen molar-refractivity contribution in [1.29, 1.82) is 0 Å². The summed E-state index contributed by atoms with van der Waals surface area (Å²) in [7, 11) is 1.92. The van der Waals surface area contributed by atoms with Gasteiger partial charge in [-0.05, 0) is 51.2 Å². The van der Waals surface area contributed by atoms with Crippen LogP contribution < -0.4 is 5.32 Å². The van der Waals surface area contributed by atoms with Crippen LogP contribution in [-0.2, 0) is 6.42 Å². The van der Waals surface area contributed by atoms with Crippen LogP contribution >= 0.6 is 0 Å². The zero-order chi connectivity index (χ0) is 15.5. The molecule has 0 radical (unpaired) electrons. The van der Waals surface area contributed by atoms with Gasteiger partial charge in [0.05, 0.1) is 11.4 Å². The average Bonchev–Trinajstić information content (AvgIpc) is 3.16. The van der Waals surface area contributed by atoms with Crippen molar-refractivity contribution in [2.45, 2.75) is 26.3 Å². The third kappa shape index (κ3) is 3.07. The SMILES string of the molecule is CNC(C)Cc1noc(-c2ccc(-n3ccc(C)n3)cc2)n1. The predicted molar refractivity (Wildman–Crippen MR) is 83.8 cm³/mol. The van der Waals surface area contributed by atoms with Crippen molar-refractivity contribution < 1.29 is 4.52 Å². The Labute approximate surface area is 129 Å². The topological polar surface area (TPSA) is 68.8 Å². The summed E-state index contributed by atoms with van der Waals surface area (Å²) in [4.78, 5) is 4.43. The second-order valence-corrected chi connectivity index (χ2v) is 5.36. The Morgan fingerprint density at radius 1 is 1.23 bits per heavy atom. The Hall–Kier alpha value is -2.47. The summed E-state index contributed by atoms with van der Waals surface area (Å²) in [6, 6.07) is 10.2. The highest BCUT2D eigenvalue weighted by molar-refractivity contribution is 5.55. The lowest BCUT2D eigenvalue weighted by molar-refractivity contribution is 0.418. The van der Waals surface area contributed by atoms with E-state index in [0.29, 0.717) is 17.8 Å². The molecule has 0 fully saturated rings. The molecule has 1 unspecified atom stereocenters. The van der Waals surface area contributed by atoms with E-state index in [1.807, 2.05) is 55.2 Å². The molecule has 6 nitrogen and oxygen atoms in total. The van der Waals surface area contributed by atoms with E-state index in [4.69, 9.17) is 4.52 Å². The lowest BCUT2D eigenvalue weighted by Crippen LogP contribution is -2.24. The standard InChI is InChI=1S/C16H19N5O/c1-11-8-9-21(19-11)14-6-4-13(5-7-14)16-18-15(20-22-16)10-12(2)17-3/h4-9,12,17H,10H2,1-3H3. The largest absolute Gasteiger partial charge is 0.334 e. The monoisotopic (exact) mass is 297 g/mol. The molecular formula is C16H19N5O. The number of nitrogens with zero attached hydrogens (tertiary/aromatic N) is 4. The van der Waals surface area contributed by atoms with E-state index >= 15 is 0 Å². The number of hydrogen-bond acceptors (Lipinski definition) is 5. The van der Waals surface area contributed by atoms with E-state index < -0.39 is 0 Å². The first-order valence-corrected chi connectivity index (χ1v) is 7.28. The minimum Gasteiger partial charge on any atom is -0.334 e. The third-order valence-electron chi connectivity index (χ3n) is 3.55. The van der Waals surface area contributed by atoms with Gasteiger partial charge in [-0.25, -0.2) is 4.68 Å². The number of aryl methyl sites for hydroxylation is 1. The summed E-state index contributed by atoms with van der Waals surface area (Å²) in [5.74, 6) is 1.25. The first-order valence-electron chi connectivity index (χ1n) is 7.28. The molecule has 3 rings (SSSR count). The number of rotatable bonds is 5. The van der Waals surface area contributed by atoms with E-state index in [9.17, 15) is 0 Å². The molecule has 22 heavy (non-hydrogen) atoms. The molecule has 0 aliphatic carbocycles. The van der Waals surface area contributed by atoms with Gasteiger partial charge in [0.1, 0.15) is 0 Å². The van der Waals surface area contributed by atoms with Crippen LogP contribution in [0.15, 0.2) is 41.1 Å². The van der Waals surface area contributed by atoms with Gasteiger partial charge in [-0.1, -0.05) is 5.16 Å². The van der Waals surface area contributed by atoms with E-state index in [0.717, 1.165) is 23.4 Å². The smallest absolute Gasteiger partial charge is 0.257 e. The van der Waals surface area contributed by atoms with Crippen molar-refractivity contribution in [3.8, 4) is 17.1 Å². The Kier molecular flexibility index (Phi) is 4.02. The highest BCUT2D eigenvalue weighted by atomic mass is 16.5. The summed E-state index contributed by atoms with van der Waals surface area (Å²) in [6.07, 6.45) is 2.68. The van der Waals surface area contributed by atoms with Crippen molar-refractivity contribution >= 4 is 0 Å². The molecule has 6 heteroatoms. The van der Waals surface area contributed by atoms with Gasteiger partial charge in [0.2, 0.25) is 0 Å². The molecule has 0 aliphatic heterocycles. The fourth-order valence-corrected chi connectivity index (χ4v) is 2.15. The molecule has 0 saturated carbocycles. The molecule has 1 N–H and O–H groups in total. The molecule has 0 spiro atoms. The number of benzene rings is 1. The molecule has 1 aromatic carbocycles. The molecule has 3 aromatic rings. The molecule has 0 amide bonds. The van der Waals surface area contributed by atoms with E-state index in [-0.39, 0.29) is 0 Å². The number of nitrogens with one attached hydrogen (secondary N) is 1. The lowest BCUT2D eigenvalue weighted by Gasteiger charge is -2.04. The highest BCUT2D eigenvalue weighted by Crippen LogP contribution is 2.19. The zero-order valence-corrected chi connectivity index (χ0v) is 12.9. The van der Waals surface area contributed by atoms with Crippen molar-refractivity contribution in [1.82, 2.24) is 25.2 Å². The van der Waals surface area contributed by atoms with Gasteiger partial charge in [0.25, 0.3) is 5.89 Å². The van der Waals surface area contributed by atoms with Crippen molar-refractivity contribution in [3.63, 3.8) is 0 Å². The van der Waals surface area contributed by atoms with Crippen LogP contribution in [0.25, 0.3) is 17.1 Å². The fourth-order valence-electron chi connectivity index (χ4n) is 2.15. The van der Waals surface area contributed by atoms with Crippen LogP contribution in [0.5, 0.6) is 0 Å². The zero-order valence-electron chi connectivity index (χ0n) is 12.9. The Morgan fingerprint density at radius 2 is 2.00 bits per heavy atom. The predicted octanol–water partition coefficient (Wildman–Crippen LogP) is 2.38. The third-order valence-corrected chi connectivity index (χ3v) is 3.55. The fraction of sp³-hybridized carbons (Fsp3) is 0.312. The van der Waals surface area contributed by atoms with Gasteiger partial charge >= 0.3 is 0 Å². The molecule has 1 atom stereocenters. The summed E-state index contributed by atoms with van der Waals surface area (Å²) in [5.41, 5.74) is 2.90. The summed E-state index contributed by atoms with van der Waals surface area (Å²) in [5, 5.41) is 11.6. The Bertz CT molecular complexity index is 744. The molecule has 2 aromatic heterocycles. The molecule has 0 saturated heterocycles. The maximum Gasteiger partial charge on any atom is 0.257 e. The first-order chi connectivity index (χ1) is 10.7. The van der Waals surface area contributed by atoms with Crippen LogP contribution in [0.3, 0.4) is 0 Å². The maximum atomic E-state index is 5.33. The van der Waals surface area contributed by atoms with Crippen LogP contribution in [0.2, 0.25) is 0 Å². The van der Waals surface area contributed by atoms with Crippen LogP contribution in [0.1, 0.15) is 18.4 Å². The summed E-state index contributed by atoms with van der Waals surface area (Å²) in [6.45, 7) is 4.05. The second-order valence-electron chi connectivity index (χ2n) is 5.36. The van der Waals surface area contributed by atoms with E-state index in [1.165, 1.54) is 0 Å². The number of hydrogen-bond donors (Lipinski definition) is 1. The van der Waals surface area contributed by atoms with Gasteiger partial charge < -0.3 is 9.84 Å². The van der Waals surface area contributed by atoms with Crippen LogP contribution in [0.4, 0.5) is 0 Å². The second kappa shape index (κ2) is 6.11. The van der Waals surface area contributed by atoms with Gasteiger partial charge in [-0.3, -0.25) is 0 Å². The first kappa shape index (κ1) is 14.5. The van der Waals surface area contributed by atoms with Gasteiger partial charge in [-0.15, -0.1) is 0 Å². The van der Waals surface area contributed by atoms with Crippen LogP contribution in [-0.4, -0.2) is 33.0 Å². The molecule has 0 bridgehead atoms. The highest BCUT2D eigenvalue weighted by Gasteiger charge is 2.11. The van der Waals surface area contributed by atoms with Crippen molar-refractivity contribution in [2.24, 2.45) is 0 Å². The number of likely N-dealkylation sites (N-methyl/N-ethyl adjacent to an activating group) is 1. The number of aromatic nitrogens is 4. The normalized spacial score (nSPS) is 12.5. The molecule has 114 valence electrons. The minimum atomic E-state index is 0.316. The Morgan fingerprint density at radius 3 is 2.64 bits per heavy atom. The quantitative estimate of drug-likeness (QED) is 0.783. The van der Waals surface area contributed by atoms with E-state index in [1.54, 1.807) is 0 Å². The molecule has 2 heterocycles. The van der Waals surface area contributed by atoms with Crippen LogP contribution in [0, 0.1) is 6.92 Å². The lowest BCUT2D eigenvalue weighted by atomic mass is 10.2. The summed E-state index contributed by atoms with van der Waals surface area (Å²) >= 11 is 0. The van der Waals surface area contributed by atoms with Crippen molar-refractivity contribution in [2.75, 3.05) is 7.05 Å². The van der Waals surface area contributed by atoms with E-state index in [2.05, 4.69) is 27.5 Å². The molecular weight excluding hydrogens is 278 g/mol. The van der Waals surface area contributed by atoms with Gasteiger partial charge in [0.15, 0.2) is 5.82 Å². The Balaban J connectivity index is 1.78. The van der Waals surface area contributed by atoms with Gasteiger partial charge in [0, 0.05) is 24.2 Å². The average molecular weight is 297 g/mol.